The molecule has 8 heteroatoms. The van der Waals surface area contributed by atoms with Crippen molar-refractivity contribution in [1.82, 2.24) is 9.36 Å². The first-order valence-corrected chi connectivity index (χ1v) is 13.5. The molecule has 1 unspecified atom stereocenters. The van der Waals surface area contributed by atoms with E-state index in [9.17, 15) is 14.4 Å². The fourth-order valence-corrected chi connectivity index (χ4v) is 5.14. The van der Waals surface area contributed by atoms with Gasteiger partial charge in [0.05, 0.1) is 11.4 Å². The zero-order valence-electron chi connectivity index (χ0n) is 21.8. The van der Waals surface area contributed by atoms with Crippen molar-refractivity contribution >= 4 is 35.0 Å². The summed E-state index contributed by atoms with van der Waals surface area (Å²) in [4.78, 5) is 39.9. The number of aromatic nitrogens is 2. The molecule has 4 aromatic rings. The van der Waals surface area contributed by atoms with Crippen LogP contribution in [0, 0.1) is 6.92 Å². The standard InChI is InChI=1S/C30H32N4O3S/c1-4-5-16-26(35)31-23-17-19-25(20-18-23)38-28(22-12-8-6-9-13-22)29(36)32-27-21(2)33(3)34(30(27)37)24-14-10-7-11-15-24/h6-15,17-20,28H,4-5,16H2,1-3H3,(H,31,35)(H,32,36). The SMILES string of the molecule is CCCCC(=O)Nc1ccc(SC(C(=O)Nc2c(C)n(C)n(-c3ccccc3)c2=O)c2ccccc2)cc1. The molecule has 7 nitrogen and oxygen atoms in total. The second-order valence-electron chi connectivity index (χ2n) is 9.01. The lowest BCUT2D eigenvalue weighted by Crippen LogP contribution is -2.25. The summed E-state index contributed by atoms with van der Waals surface area (Å²) in [5.74, 6) is -0.294. The highest BCUT2D eigenvalue weighted by molar-refractivity contribution is 8.00. The van der Waals surface area contributed by atoms with Gasteiger partial charge in [0.1, 0.15) is 10.9 Å². The topological polar surface area (TPSA) is 85.1 Å². The second-order valence-corrected chi connectivity index (χ2v) is 10.2. The van der Waals surface area contributed by atoms with Crippen LogP contribution in [0.3, 0.4) is 0 Å². The Morgan fingerprint density at radius 2 is 1.53 bits per heavy atom. The van der Waals surface area contributed by atoms with Crippen molar-refractivity contribution in [2.75, 3.05) is 10.6 Å². The number of nitrogens with one attached hydrogen (secondary N) is 2. The van der Waals surface area contributed by atoms with Gasteiger partial charge in [-0.1, -0.05) is 61.9 Å². The van der Waals surface area contributed by atoms with Crippen molar-refractivity contribution < 1.29 is 9.59 Å². The molecule has 3 aromatic carbocycles. The fourth-order valence-electron chi connectivity index (χ4n) is 4.12. The number of rotatable bonds is 10. The van der Waals surface area contributed by atoms with Crippen LogP contribution >= 0.6 is 11.8 Å². The van der Waals surface area contributed by atoms with Gasteiger partial charge < -0.3 is 10.6 Å². The van der Waals surface area contributed by atoms with Crippen LogP contribution in [0.1, 0.15) is 42.7 Å². The molecule has 2 N–H and O–H groups in total. The van der Waals surface area contributed by atoms with Gasteiger partial charge in [-0.15, -0.1) is 11.8 Å². The summed E-state index contributed by atoms with van der Waals surface area (Å²) < 4.78 is 3.29. The maximum Gasteiger partial charge on any atom is 0.295 e. The zero-order valence-corrected chi connectivity index (χ0v) is 22.6. The predicted octanol–water partition coefficient (Wildman–Crippen LogP) is 6.09. The van der Waals surface area contributed by atoms with Crippen LogP contribution < -0.4 is 16.2 Å². The Hall–Kier alpha value is -4.04. The van der Waals surface area contributed by atoms with E-state index in [1.54, 1.807) is 16.4 Å². The van der Waals surface area contributed by atoms with Crippen LogP contribution in [0.25, 0.3) is 5.69 Å². The highest BCUT2D eigenvalue weighted by atomic mass is 32.2. The van der Waals surface area contributed by atoms with Crippen LogP contribution in [0.2, 0.25) is 0 Å². The van der Waals surface area contributed by atoms with Crippen molar-refractivity contribution in [1.29, 1.82) is 0 Å². The quantitative estimate of drug-likeness (QED) is 0.244. The molecular weight excluding hydrogens is 496 g/mol. The smallest absolute Gasteiger partial charge is 0.295 e. The van der Waals surface area contributed by atoms with Gasteiger partial charge in [0.2, 0.25) is 11.8 Å². The lowest BCUT2D eigenvalue weighted by atomic mass is 10.1. The summed E-state index contributed by atoms with van der Waals surface area (Å²) in [6.45, 7) is 3.87. The number of hydrogen-bond donors (Lipinski definition) is 2. The Balaban J connectivity index is 1.57. The average molecular weight is 529 g/mol. The lowest BCUT2D eigenvalue weighted by Gasteiger charge is -2.17. The molecule has 0 fully saturated rings. The summed E-state index contributed by atoms with van der Waals surface area (Å²) in [6.07, 6.45) is 2.31. The summed E-state index contributed by atoms with van der Waals surface area (Å²) >= 11 is 1.39. The molecular formula is C30H32N4O3S. The minimum absolute atomic E-state index is 0.00631. The Kier molecular flexibility index (Phi) is 8.86. The number of carbonyl (C=O) groups is 2. The molecule has 0 aliphatic carbocycles. The van der Waals surface area contributed by atoms with E-state index in [1.807, 2.05) is 91.9 Å². The molecule has 0 saturated carbocycles. The first kappa shape index (κ1) is 27.0. The van der Waals surface area contributed by atoms with Gasteiger partial charge >= 0.3 is 0 Å². The van der Waals surface area contributed by atoms with Gasteiger partial charge in [-0.25, -0.2) is 4.68 Å². The molecule has 4 rings (SSSR count). The number of carbonyl (C=O) groups excluding carboxylic acids is 2. The van der Waals surface area contributed by atoms with Gasteiger partial charge in [0, 0.05) is 24.1 Å². The summed E-state index contributed by atoms with van der Waals surface area (Å²) in [7, 11) is 1.80. The molecule has 38 heavy (non-hydrogen) atoms. The van der Waals surface area contributed by atoms with Crippen LogP contribution in [-0.4, -0.2) is 21.2 Å². The van der Waals surface area contributed by atoms with Gasteiger partial charge in [-0.2, -0.15) is 0 Å². The minimum Gasteiger partial charge on any atom is -0.326 e. The van der Waals surface area contributed by atoms with Gasteiger partial charge in [0.15, 0.2) is 0 Å². The maximum atomic E-state index is 13.6. The number of hydrogen-bond acceptors (Lipinski definition) is 4. The predicted molar refractivity (Wildman–Crippen MR) is 154 cm³/mol. The Morgan fingerprint density at radius 3 is 2.16 bits per heavy atom. The molecule has 1 aromatic heterocycles. The van der Waals surface area contributed by atoms with E-state index in [0.717, 1.165) is 34.7 Å². The number of benzene rings is 3. The van der Waals surface area contributed by atoms with Crippen molar-refractivity contribution in [3.05, 3.63) is 107 Å². The molecule has 0 spiro atoms. The number of nitrogens with zero attached hydrogens (tertiary/aromatic N) is 2. The second kappa shape index (κ2) is 12.5. The van der Waals surface area contributed by atoms with E-state index in [1.165, 1.54) is 11.8 Å². The van der Waals surface area contributed by atoms with E-state index in [2.05, 4.69) is 17.6 Å². The van der Waals surface area contributed by atoms with Crippen LogP contribution in [-0.2, 0) is 16.6 Å². The molecule has 2 amide bonds. The van der Waals surface area contributed by atoms with Gasteiger partial charge in [-0.05, 0) is 55.3 Å². The molecule has 1 atom stereocenters. The van der Waals surface area contributed by atoms with Crippen LogP contribution in [0.15, 0.2) is 94.6 Å². The van der Waals surface area contributed by atoms with Crippen molar-refractivity contribution in [3.8, 4) is 5.69 Å². The minimum atomic E-state index is -0.592. The summed E-state index contributed by atoms with van der Waals surface area (Å²) in [6, 6.07) is 26.3. The third-order valence-corrected chi connectivity index (χ3v) is 7.56. The molecule has 0 aliphatic rings. The Labute approximate surface area is 226 Å². The number of anilines is 2. The molecule has 0 saturated heterocycles. The van der Waals surface area contributed by atoms with Crippen molar-refractivity contribution in [2.24, 2.45) is 7.05 Å². The van der Waals surface area contributed by atoms with E-state index in [-0.39, 0.29) is 23.1 Å². The molecule has 0 aliphatic heterocycles. The van der Waals surface area contributed by atoms with Gasteiger partial charge in [0.25, 0.3) is 5.56 Å². The molecule has 0 radical (unpaired) electrons. The Bertz CT molecular complexity index is 1440. The molecule has 196 valence electrons. The number of thioether (sulfide) groups is 1. The maximum absolute atomic E-state index is 13.6. The van der Waals surface area contributed by atoms with E-state index in [0.29, 0.717) is 12.1 Å². The molecule has 1 heterocycles. The zero-order chi connectivity index (χ0) is 27.1. The van der Waals surface area contributed by atoms with E-state index < -0.39 is 5.25 Å². The van der Waals surface area contributed by atoms with E-state index in [4.69, 9.17) is 0 Å². The van der Waals surface area contributed by atoms with Gasteiger partial charge in [-0.3, -0.25) is 19.1 Å². The third kappa shape index (κ3) is 6.26. The average Bonchev–Trinajstić information content (AvgIpc) is 3.15. The highest BCUT2D eigenvalue weighted by Gasteiger charge is 2.26. The first-order valence-electron chi connectivity index (χ1n) is 12.7. The monoisotopic (exact) mass is 528 g/mol. The van der Waals surface area contributed by atoms with Crippen LogP contribution in [0.4, 0.5) is 11.4 Å². The lowest BCUT2D eigenvalue weighted by molar-refractivity contribution is -0.116. The summed E-state index contributed by atoms with van der Waals surface area (Å²) in [5.41, 5.74) is 2.89. The number of amides is 2. The Morgan fingerprint density at radius 1 is 0.895 bits per heavy atom. The fraction of sp³-hybridized carbons (Fsp3) is 0.233. The number of para-hydroxylation sites is 1. The van der Waals surface area contributed by atoms with Crippen molar-refractivity contribution in [2.45, 2.75) is 43.3 Å². The normalized spacial score (nSPS) is 11.7. The van der Waals surface area contributed by atoms with Crippen LogP contribution in [0.5, 0.6) is 0 Å². The highest BCUT2D eigenvalue weighted by Crippen LogP contribution is 2.36. The van der Waals surface area contributed by atoms with Crippen molar-refractivity contribution in [3.63, 3.8) is 0 Å². The number of unbranched alkanes of at least 4 members (excludes halogenated alkanes) is 1. The van der Waals surface area contributed by atoms with E-state index >= 15 is 0 Å². The largest absolute Gasteiger partial charge is 0.326 e. The third-order valence-electron chi connectivity index (χ3n) is 6.29. The first-order chi connectivity index (χ1) is 18.4. The molecule has 0 bridgehead atoms. The summed E-state index contributed by atoms with van der Waals surface area (Å²) in [5, 5.41) is 5.23.